The summed E-state index contributed by atoms with van der Waals surface area (Å²) in [5.74, 6) is -0.747. The molecule has 0 bridgehead atoms. The normalized spacial score (nSPS) is 22.9. The molecule has 1 atom stereocenters. The molecule has 0 N–H and O–H groups in total. The molecule has 1 aromatic rings. The Morgan fingerprint density at radius 1 is 1.23 bits per heavy atom. The number of fused-ring (bicyclic) bond motifs is 4. The third-order valence-electron chi connectivity index (χ3n) is 6.28. The number of thiocarbonyl (C=S) groups is 1. The fraction of sp³-hybridized carbons (Fsp3) is 0.500. The van der Waals surface area contributed by atoms with Crippen molar-refractivity contribution < 1.29 is 19.1 Å². The maximum atomic E-state index is 13.6. The van der Waals surface area contributed by atoms with Crippen molar-refractivity contribution in [1.29, 1.82) is 0 Å². The molecule has 0 aliphatic carbocycles. The first kappa shape index (κ1) is 20.9. The van der Waals surface area contributed by atoms with Gasteiger partial charge in [-0.05, 0) is 36.8 Å². The highest BCUT2D eigenvalue weighted by Crippen LogP contribution is 2.48. The third kappa shape index (κ3) is 2.79. The maximum absolute atomic E-state index is 13.6. The van der Waals surface area contributed by atoms with E-state index in [2.05, 4.69) is 0 Å². The lowest BCUT2D eigenvalue weighted by Crippen LogP contribution is -2.75. The van der Waals surface area contributed by atoms with E-state index in [1.807, 2.05) is 17.0 Å². The Bertz CT molecular complexity index is 931. The average molecular weight is 451 g/mol. The molecule has 4 rings (SSSR count). The van der Waals surface area contributed by atoms with Crippen LogP contribution in [0.5, 0.6) is 0 Å². The third-order valence-corrected chi connectivity index (χ3v) is 7.18. The molecule has 1 aromatic carbocycles. The highest BCUT2D eigenvalue weighted by Gasteiger charge is 2.63. The summed E-state index contributed by atoms with van der Waals surface area (Å²) in [5, 5.41) is 0.669. The monoisotopic (exact) mass is 450 g/mol. The van der Waals surface area contributed by atoms with Gasteiger partial charge in [-0.3, -0.25) is 19.4 Å². The Balaban J connectivity index is 1.87. The van der Waals surface area contributed by atoms with E-state index >= 15 is 0 Å². The van der Waals surface area contributed by atoms with Gasteiger partial charge >= 0.3 is 6.09 Å². The SMILES string of the molecule is CCOC(=O)N1CCN2c3cccc(Cl)c3CC3(C(=O)N(C)C(=S)N(C)C3=O)[C@@H]2C1. The zero-order valence-electron chi connectivity index (χ0n) is 17.1. The summed E-state index contributed by atoms with van der Waals surface area (Å²) in [6, 6.07) is 5.00. The molecule has 3 aliphatic heterocycles. The van der Waals surface area contributed by atoms with Gasteiger partial charge in [0.15, 0.2) is 10.5 Å². The molecule has 2 saturated heterocycles. The fourth-order valence-corrected chi connectivity index (χ4v) is 5.19. The summed E-state index contributed by atoms with van der Waals surface area (Å²) in [4.78, 5) is 46.0. The molecule has 2 fully saturated rings. The van der Waals surface area contributed by atoms with Gasteiger partial charge in [0.2, 0.25) is 11.8 Å². The van der Waals surface area contributed by atoms with Gasteiger partial charge in [-0.15, -0.1) is 0 Å². The molecule has 0 radical (unpaired) electrons. The van der Waals surface area contributed by atoms with Crippen LogP contribution in [0.4, 0.5) is 10.5 Å². The van der Waals surface area contributed by atoms with E-state index < -0.39 is 17.6 Å². The minimum absolute atomic E-state index is 0.148. The minimum Gasteiger partial charge on any atom is -0.450 e. The predicted octanol–water partition coefficient (Wildman–Crippen LogP) is 1.74. The second-order valence-electron chi connectivity index (χ2n) is 7.75. The molecule has 3 aliphatic rings. The number of nitrogens with zero attached hydrogens (tertiary/aromatic N) is 4. The van der Waals surface area contributed by atoms with Crippen LogP contribution in [0.3, 0.4) is 0 Å². The average Bonchev–Trinajstić information content (AvgIpc) is 2.75. The minimum atomic E-state index is -1.44. The van der Waals surface area contributed by atoms with E-state index in [0.29, 0.717) is 18.1 Å². The summed E-state index contributed by atoms with van der Waals surface area (Å²) in [6.45, 7) is 3.07. The summed E-state index contributed by atoms with van der Waals surface area (Å²) >= 11 is 11.8. The second-order valence-corrected chi connectivity index (χ2v) is 8.52. The molecule has 30 heavy (non-hydrogen) atoms. The van der Waals surface area contributed by atoms with Crippen LogP contribution in [0.25, 0.3) is 0 Å². The number of ether oxygens (including phenoxy) is 1. The summed E-state index contributed by atoms with van der Waals surface area (Å²) < 4.78 is 5.17. The van der Waals surface area contributed by atoms with Crippen molar-refractivity contribution in [3.8, 4) is 0 Å². The Labute approximate surface area is 185 Å². The zero-order chi connectivity index (χ0) is 21.8. The Morgan fingerprint density at radius 2 is 1.90 bits per heavy atom. The number of benzene rings is 1. The molecule has 0 unspecified atom stereocenters. The summed E-state index contributed by atoms with van der Waals surface area (Å²) in [6.07, 6.45) is -0.299. The number of halogens is 1. The lowest BCUT2D eigenvalue weighted by molar-refractivity contribution is -0.158. The Hall–Kier alpha value is -2.39. The number of carbonyl (C=O) groups excluding carboxylic acids is 3. The molecular formula is C20H23ClN4O4S. The van der Waals surface area contributed by atoms with Gasteiger partial charge in [0, 0.05) is 50.9 Å². The van der Waals surface area contributed by atoms with Crippen molar-refractivity contribution in [3.63, 3.8) is 0 Å². The number of hydrogen-bond donors (Lipinski definition) is 0. The maximum Gasteiger partial charge on any atom is 0.409 e. The van der Waals surface area contributed by atoms with Crippen LogP contribution in [0, 0.1) is 5.41 Å². The first-order valence-electron chi connectivity index (χ1n) is 9.80. The molecular weight excluding hydrogens is 428 g/mol. The van der Waals surface area contributed by atoms with Crippen molar-refractivity contribution in [2.45, 2.75) is 19.4 Å². The lowest BCUT2D eigenvalue weighted by Gasteiger charge is -2.56. The van der Waals surface area contributed by atoms with Crippen molar-refractivity contribution in [1.82, 2.24) is 14.7 Å². The van der Waals surface area contributed by atoms with E-state index in [4.69, 9.17) is 28.6 Å². The van der Waals surface area contributed by atoms with Gasteiger partial charge in [0.1, 0.15) is 0 Å². The number of hydrogen-bond acceptors (Lipinski definition) is 6. The van der Waals surface area contributed by atoms with Crippen LogP contribution in [0.15, 0.2) is 18.2 Å². The van der Waals surface area contributed by atoms with E-state index in [0.717, 1.165) is 11.3 Å². The number of piperazine rings is 1. The van der Waals surface area contributed by atoms with Crippen LogP contribution in [0.1, 0.15) is 12.5 Å². The van der Waals surface area contributed by atoms with Crippen LogP contribution >= 0.6 is 23.8 Å². The molecule has 160 valence electrons. The molecule has 3 heterocycles. The summed E-state index contributed by atoms with van der Waals surface area (Å²) in [5.41, 5.74) is 0.214. The van der Waals surface area contributed by atoms with E-state index in [9.17, 15) is 14.4 Å². The molecule has 3 amide bonds. The molecule has 1 spiro atoms. The predicted molar refractivity (Wildman–Crippen MR) is 115 cm³/mol. The van der Waals surface area contributed by atoms with Gasteiger partial charge in [-0.25, -0.2) is 4.79 Å². The molecule has 8 nitrogen and oxygen atoms in total. The van der Waals surface area contributed by atoms with Gasteiger partial charge in [-0.2, -0.15) is 0 Å². The first-order valence-corrected chi connectivity index (χ1v) is 10.6. The van der Waals surface area contributed by atoms with Crippen LogP contribution < -0.4 is 4.90 Å². The first-order chi connectivity index (χ1) is 14.2. The zero-order valence-corrected chi connectivity index (χ0v) is 18.6. The van der Waals surface area contributed by atoms with Crippen molar-refractivity contribution >= 4 is 52.5 Å². The van der Waals surface area contributed by atoms with Crippen molar-refractivity contribution in [3.05, 3.63) is 28.8 Å². The standard InChI is InChI=1S/C20H23ClN4O4S/c1-4-29-19(28)24-8-9-25-14-7-5-6-13(21)12(14)10-20(15(25)11-24)16(26)22(2)18(30)23(3)17(20)27/h5-7,15H,4,8-11H2,1-3H3/t15-/m0/s1. The fourth-order valence-electron chi connectivity index (χ4n) is 4.79. The number of amides is 3. The quantitative estimate of drug-likeness (QED) is 0.479. The van der Waals surface area contributed by atoms with Crippen LogP contribution in [-0.2, 0) is 20.7 Å². The van der Waals surface area contributed by atoms with Crippen LogP contribution in [0.2, 0.25) is 5.02 Å². The van der Waals surface area contributed by atoms with Crippen molar-refractivity contribution in [2.75, 3.05) is 45.2 Å². The number of carbonyl (C=O) groups is 3. The topological polar surface area (TPSA) is 73.4 Å². The highest BCUT2D eigenvalue weighted by atomic mass is 35.5. The van der Waals surface area contributed by atoms with Gasteiger partial charge in [0.25, 0.3) is 0 Å². The van der Waals surface area contributed by atoms with Gasteiger partial charge in [0.05, 0.1) is 12.6 Å². The van der Waals surface area contributed by atoms with E-state index in [-0.39, 0.29) is 36.5 Å². The Kier molecular flexibility index (Phi) is 5.14. The highest BCUT2D eigenvalue weighted by molar-refractivity contribution is 7.80. The molecule has 0 saturated carbocycles. The molecule has 0 aromatic heterocycles. The molecule has 10 heteroatoms. The summed E-state index contributed by atoms with van der Waals surface area (Å²) in [7, 11) is 3.15. The smallest absolute Gasteiger partial charge is 0.409 e. The second kappa shape index (κ2) is 7.39. The van der Waals surface area contributed by atoms with Gasteiger partial charge in [-0.1, -0.05) is 17.7 Å². The van der Waals surface area contributed by atoms with E-state index in [1.165, 1.54) is 9.80 Å². The van der Waals surface area contributed by atoms with E-state index in [1.54, 1.807) is 32.0 Å². The Morgan fingerprint density at radius 3 is 2.53 bits per heavy atom. The van der Waals surface area contributed by atoms with Crippen molar-refractivity contribution in [2.24, 2.45) is 5.41 Å². The number of anilines is 1. The van der Waals surface area contributed by atoms with Gasteiger partial charge < -0.3 is 14.5 Å². The largest absolute Gasteiger partial charge is 0.450 e. The number of rotatable bonds is 1. The lowest BCUT2D eigenvalue weighted by atomic mass is 9.67. The van der Waals surface area contributed by atoms with Crippen LogP contribution in [-0.4, -0.2) is 84.1 Å².